The van der Waals surface area contributed by atoms with Crippen LogP contribution < -0.4 is 16.8 Å². The summed E-state index contributed by atoms with van der Waals surface area (Å²) >= 11 is 0. The molecule has 2 rings (SSSR count). The summed E-state index contributed by atoms with van der Waals surface area (Å²) in [5, 5.41) is 3.10. The number of aromatic nitrogens is 1. The predicted molar refractivity (Wildman–Crippen MR) is 66.6 cm³/mol. The van der Waals surface area contributed by atoms with Crippen LogP contribution in [0.25, 0.3) is 0 Å². The number of carbonyl (C=O) groups excluding carboxylic acids is 1. The van der Waals surface area contributed by atoms with Gasteiger partial charge in [-0.2, -0.15) is 0 Å². The smallest absolute Gasteiger partial charge is 0.252 e. The fourth-order valence-electron chi connectivity index (χ4n) is 2.26. The van der Waals surface area contributed by atoms with Crippen LogP contribution in [0.1, 0.15) is 36.0 Å². The largest absolute Gasteiger partial charge is 0.365 e. The van der Waals surface area contributed by atoms with Gasteiger partial charge in [0.1, 0.15) is 11.6 Å². The molecule has 98 valence electrons. The highest BCUT2D eigenvalue weighted by Crippen LogP contribution is 2.22. The zero-order chi connectivity index (χ0) is 13.1. The third-order valence-corrected chi connectivity index (χ3v) is 3.26. The van der Waals surface area contributed by atoms with Gasteiger partial charge in [-0.1, -0.05) is 12.8 Å². The van der Waals surface area contributed by atoms with E-state index in [4.69, 9.17) is 11.5 Å². The third-order valence-electron chi connectivity index (χ3n) is 3.26. The number of nitrogens with two attached hydrogens (primary N) is 2. The van der Waals surface area contributed by atoms with Gasteiger partial charge in [0, 0.05) is 12.1 Å². The lowest BCUT2D eigenvalue weighted by atomic mass is 9.91. The Morgan fingerprint density at radius 1 is 1.44 bits per heavy atom. The number of carbonyl (C=O) groups is 1. The minimum Gasteiger partial charge on any atom is -0.365 e. The number of halogens is 1. The van der Waals surface area contributed by atoms with Crippen LogP contribution in [0, 0.1) is 5.82 Å². The van der Waals surface area contributed by atoms with Gasteiger partial charge >= 0.3 is 0 Å². The van der Waals surface area contributed by atoms with Crippen molar-refractivity contribution in [2.45, 2.75) is 37.8 Å². The molecule has 1 saturated carbocycles. The summed E-state index contributed by atoms with van der Waals surface area (Å²) in [5.41, 5.74) is 11.3. The molecule has 0 aromatic carbocycles. The highest BCUT2D eigenvalue weighted by atomic mass is 19.1. The Hall–Kier alpha value is -1.69. The second-order valence-electron chi connectivity index (χ2n) is 4.61. The van der Waals surface area contributed by atoms with Crippen molar-refractivity contribution in [3.63, 3.8) is 0 Å². The van der Waals surface area contributed by atoms with Crippen molar-refractivity contribution in [2.24, 2.45) is 11.5 Å². The fraction of sp³-hybridized carbons (Fsp3) is 0.500. The van der Waals surface area contributed by atoms with Crippen LogP contribution >= 0.6 is 0 Å². The quantitative estimate of drug-likeness (QED) is 0.748. The van der Waals surface area contributed by atoms with Crippen LogP contribution in [0.5, 0.6) is 0 Å². The average Bonchev–Trinajstić information content (AvgIpc) is 2.34. The molecular weight excluding hydrogens is 235 g/mol. The van der Waals surface area contributed by atoms with Gasteiger partial charge in [-0.05, 0) is 18.9 Å². The van der Waals surface area contributed by atoms with Crippen molar-refractivity contribution < 1.29 is 9.18 Å². The maximum Gasteiger partial charge on any atom is 0.252 e. The zero-order valence-corrected chi connectivity index (χ0v) is 10.0. The number of hydrogen-bond donors (Lipinski definition) is 3. The number of hydrogen-bond acceptors (Lipinski definition) is 4. The number of primary amides is 1. The molecule has 0 spiro atoms. The number of amides is 1. The SMILES string of the molecule is NC(=O)c1cc(F)cnc1N[C@@H]1CCCC[C@@H]1N. The highest BCUT2D eigenvalue weighted by molar-refractivity contribution is 5.97. The molecule has 18 heavy (non-hydrogen) atoms. The monoisotopic (exact) mass is 252 g/mol. The van der Waals surface area contributed by atoms with Gasteiger partial charge in [-0.3, -0.25) is 4.79 Å². The van der Waals surface area contributed by atoms with Gasteiger partial charge in [0.25, 0.3) is 5.91 Å². The predicted octanol–water partition coefficient (Wildman–Crippen LogP) is 1.00. The lowest BCUT2D eigenvalue weighted by molar-refractivity contribution is 0.1000. The molecule has 0 bridgehead atoms. The van der Waals surface area contributed by atoms with Crippen molar-refractivity contribution in [2.75, 3.05) is 5.32 Å². The lowest BCUT2D eigenvalue weighted by Crippen LogP contribution is -2.43. The van der Waals surface area contributed by atoms with Crippen LogP contribution in [0.4, 0.5) is 10.2 Å². The number of pyridine rings is 1. The van der Waals surface area contributed by atoms with E-state index in [9.17, 15) is 9.18 Å². The van der Waals surface area contributed by atoms with Crippen molar-refractivity contribution in [3.05, 3.63) is 23.6 Å². The summed E-state index contributed by atoms with van der Waals surface area (Å²) < 4.78 is 13.0. The summed E-state index contributed by atoms with van der Waals surface area (Å²) in [6.45, 7) is 0. The number of rotatable bonds is 3. The Balaban J connectivity index is 2.20. The molecule has 1 fully saturated rings. The van der Waals surface area contributed by atoms with Crippen LogP contribution in [0.15, 0.2) is 12.3 Å². The van der Waals surface area contributed by atoms with Crippen molar-refractivity contribution in [1.29, 1.82) is 0 Å². The Bertz CT molecular complexity index is 452. The van der Waals surface area contributed by atoms with E-state index in [1.807, 2.05) is 0 Å². The Morgan fingerprint density at radius 3 is 2.83 bits per heavy atom. The van der Waals surface area contributed by atoms with Crippen molar-refractivity contribution in [3.8, 4) is 0 Å². The molecule has 6 heteroatoms. The number of nitrogens with one attached hydrogen (secondary N) is 1. The van der Waals surface area contributed by atoms with Gasteiger partial charge in [0.2, 0.25) is 0 Å². The fourth-order valence-corrected chi connectivity index (χ4v) is 2.26. The molecule has 1 aromatic heterocycles. The number of anilines is 1. The van der Waals surface area contributed by atoms with Crippen LogP contribution in [0.2, 0.25) is 0 Å². The zero-order valence-electron chi connectivity index (χ0n) is 10.0. The highest BCUT2D eigenvalue weighted by Gasteiger charge is 2.23. The molecule has 5 N–H and O–H groups in total. The van der Waals surface area contributed by atoms with Crippen LogP contribution in [0.3, 0.4) is 0 Å². The van der Waals surface area contributed by atoms with E-state index in [-0.39, 0.29) is 17.6 Å². The average molecular weight is 252 g/mol. The van der Waals surface area contributed by atoms with Crippen LogP contribution in [-0.4, -0.2) is 23.0 Å². The molecule has 0 unspecified atom stereocenters. The minimum absolute atomic E-state index is 0.0197. The first-order valence-corrected chi connectivity index (χ1v) is 6.05. The van der Waals surface area contributed by atoms with E-state index in [2.05, 4.69) is 10.3 Å². The maximum absolute atomic E-state index is 13.0. The van der Waals surface area contributed by atoms with Crippen molar-refractivity contribution in [1.82, 2.24) is 4.98 Å². The summed E-state index contributed by atoms with van der Waals surface area (Å²) in [5.74, 6) is -0.970. The summed E-state index contributed by atoms with van der Waals surface area (Å²) in [6.07, 6.45) is 5.10. The Labute approximate surface area is 105 Å². The van der Waals surface area contributed by atoms with E-state index in [1.54, 1.807) is 0 Å². The molecule has 0 aliphatic heterocycles. The molecule has 1 aliphatic rings. The molecule has 2 atom stereocenters. The summed E-state index contributed by atoms with van der Waals surface area (Å²) in [7, 11) is 0. The normalized spacial score (nSPS) is 23.7. The summed E-state index contributed by atoms with van der Waals surface area (Å²) in [6, 6.07) is 1.16. The standard InChI is InChI=1S/C12H17FN4O/c13-7-5-8(11(15)18)12(16-6-7)17-10-4-2-1-3-9(10)14/h5-6,9-10H,1-4,14H2,(H2,15,18)(H,16,17)/t9-,10+/m0/s1. The molecular formula is C12H17FN4O. The van der Waals surface area contributed by atoms with Gasteiger partial charge < -0.3 is 16.8 Å². The molecule has 5 nitrogen and oxygen atoms in total. The number of nitrogens with zero attached hydrogens (tertiary/aromatic N) is 1. The third kappa shape index (κ3) is 2.76. The first kappa shape index (κ1) is 12.8. The molecule has 0 saturated heterocycles. The van der Waals surface area contributed by atoms with Gasteiger partial charge in [-0.15, -0.1) is 0 Å². The van der Waals surface area contributed by atoms with E-state index < -0.39 is 11.7 Å². The minimum atomic E-state index is -0.700. The molecule has 1 amide bonds. The second kappa shape index (κ2) is 5.30. The topological polar surface area (TPSA) is 94.0 Å². The molecule has 1 heterocycles. The van der Waals surface area contributed by atoms with E-state index in [0.717, 1.165) is 37.9 Å². The van der Waals surface area contributed by atoms with E-state index >= 15 is 0 Å². The lowest BCUT2D eigenvalue weighted by Gasteiger charge is -2.30. The molecule has 1 aliphatic carbocycles. The van der Waals surface area contributed by atoms with Gasteiger partial charge in [0.15, 0.2) is 0 Å². The van der Waals surface area contributed by atoms with Crippen LogP contribution in [-0.2, 0) is 0 Å². The van der Waals surface area contributed by atoms with Gasteiger partial charge in [0.05, 0.1) is 11.8 Å². The van der Waals surface area contributed by atoms with E-state index in [1.165, 1.54) is 0 Å². The first-order valence-electron chi connectivity index (χ1n) is 6.05. The molecule has 1 aromatic rings. The molecule has 0 radical (unpaired) electrons. The maximum atomic E-state index is 13.0. The van der Waals surface area contributed by atoms with E-state index in [0.29, 0.717) is 5.82 Å². The first-order chi connectivity index (χ1) is 8.58. The Morgan fingerprint density at radius 2 is 2.17 bits per heavy atom. The van der Waals surface area contributed by atoms with Crippen molar-refractivity contribution >= 4 is 11.7 Å². The van der Waals surface area contributed by atoms with Gasteiger partial charge in [-0.25, -0.2) is 9.37 Å². The summed E-state index contributed by atoms with van der Waals surface area (Å²) in [4.78, 5) is 15.1. The second-order valence-corrected chi connectivity index (χ2v) is 4.61. The Kier molecular flexibility index (Phi) is 3.76.